The Morgan fingerprint density at radius 1 is 1.07 bits per heavy atom. The van der Waals surface area contributed by atoms with E-state index in [9.17, 15) is 18.0 Å². The fourth-order valence-corrected chi connectivity index (χ4v) is 4.72. The molecule has 0 unspecified atom stereocenters. The van der Waals surface area contributed by atoms with Gasteiger partial charge in [-0.2, -0.15) is 0 Å². The van der Waals surface area contributed by atoms with Gasteiger partial charge >= 0.3 is 11.9 Å². The highest BCUT2D eigenvalue weighted by atomic mass is 32.2. The average molecular weight is 450 g/mol. The summed E-state index contributed by atoms with van der Waals surface area (Å²) in [4.78, 5) is 24.0. The minimum atomic E-state index is -3.91. The Kier molecular flexibility index (Phi) is 6.53. The van der Waals surface area contributed by atoms with Crippen molar-refractivity contribution in [2.45, 2.75) is 18.1 Å². The van der Waals surface area contributed by atoms with Gasteiger partial charge in [-0.15, -0.1) is 11.3 Å². The number of aromatic nitrogens is 1. The summed E-state index contributed by atoms with van der Waals surface area (Å²) in [6.45, 7) is 3.77. The molecule has 3 rings (SSSR count). The quantitative estimate of drug-likeness (QED) is 0.517. The standard InChI is InChI=1S/C19H18N2O7S2/c1-3-26-18(22)12-6-5-7-13(10-12)21-30(24,25)17-9-8-16(29-17)15-11-14(20-28-15)19(23)27-4-2/h5-11,21H,3-4H2,1-2H3. The van der Waals surface area contributed by atoms with Gasteiger partial charge in [-0.05, 0) is 44.2 Å². The number of thiophene rings is 1. The number of nitrogens with zero attached hydrogens (tertiary/aromatic N) is 1. The molecule has 0 saturated heterocycles. The number of ether oxygens (including phenoxy) is 2. The van der Waals surface area contributed by atoms with Crippen LogP contribution < -0.4 is 4.72 Å². The van der Waals surface area contributed by atoms with Gasteiger partial charge in [-0.3, -0.25) is 4.72 Å². The van der Waals surface area contributed by atoms with Crippen LogP contribution in [0.5, 0.6) is 0 Å². The number of nitrogens with one attached hydrogen (secondary N) is 1. The Labute approximate surface area is 176 Å². The van der Waals surface area contributed by atoms with Crippen LogP contribution >= 0.6 is 11.3 Å². The van der Waals surface area contributed by atoms with E-state index in [1.54, 1.807) is 26.0 Å². The first-order valence-electron chi connectivity index (χ1n) is 8.88. The molecule has 0 aliphatic carbocycles. The van der Waals surface area contributed by atoms with E-state index in [1.165, 1.54) is 30.3 Å². The zero-order valence-electron chi connectivity index (χ0n) is 16.1. The van der Waals surface area contributed by atoms with Gasteiger partial charge in [0.25, 0.3) is 10.0 Å². The van der Waals surface area contributed by atoms with Crippen molar-refractivity contribution in [3.63, 3.8) is 0 Å². The van der Waals surface area contributed by atoms with E-state index >= 15 is 0 Å². The number of sulfonamides is 1. The molecule has 0 aliphatic rings. The third kappa shape index (κ3) is 4.86. The van der Waals surface area contributed by atoms with Gasteiger partial charge < -0.3 is 14.0 Å². The molecule has 158 valence electrons. The molecule has 0 spiro atoms. The minimum Gasteiger partial charge on any atom is -0.462 e. The summed E-state index contributed by atoms with van der Waals surface area (Å²) in [5.74, 6) is -0.923. The smallest absolute Gasteiger partial charge is 0.360 e. The monoisotopic (exact) mass is 450 g/mol. The average Bonchev–Trinajstić information content (AvgIpc) is 3.38. The number of hydrogen-bond acceptors (Lipinski definition) is 9. The first-order chi connectivity index (χ1) is 14.3. The molecule has 0 saturated carbocycles. The molecular formula is C19H18N2O7S2. The highest BCUT2D eigenvalue weighted by molar-refractivity contribution is 7.94. The van der Waals surface area contributed by atoms with Crippen LogP contribution in [0.3, 0.4) is 0 Å². The molecule has 0 fully saturated rings. The van der Waals surface area contributed by atoms with Crippen molar-refractivity contribution in [1.29, 1.82) is 0 Å². The highest BCUT2D eigenvalue weighted by Crippen LogP contribution is 2.32. The number of carbonyl (C=O) groups excluding carboxylic acids is 2. The summed E-state index contributed by atoms with van der Waals surface area (Å²) in [5, 5.41) is 3.64. The molecule has 30 heavy (non-hydrogen) atoms. The van der Waals surface area contributed by atoms with Crippen LogP contribution in [-0.4, -0.2) is 38.7 Å². The van der Waals surface area contributed by atoms with Gasteiger partial charge in [-0.1, -0.05) is 11.2 Å². The number of benzene rings is 1. The highest BCUT2D eigenvalue weighted by Gasteiger charge is 2.21. The molecule has 9 nitrogen and oxygen atoms in total. The number of carbonyl (C=O) groups is 2. The number of hydrogen-bond donors (Lipinski definition) is 1. The zero-order chi connectivity index (χ0) is 21.7. The SMILES string of the molecule is CCOC(=O)c1cccc(NS(=O)(=O)c2ccc(-c3cc(C(=O)OCC)no3)s2)c1. The number of anilines is 1. The molecular weight excluding hydrogens is 432 g/mol. The molecule has 0 radical (unpaired) electrons. The Balaban J connectivity index is 1.79. The molecule has 1 aromatic carbocycles. The van der Waals surface area contributed by atoms with Gasteiger partial charge in [0.05, 0.1) is 23.7 Å². The van der Waals surface area contributed by atoms with Crippen molar-refractivity contribution in [3.05, 3.63) is 53.7 Å². The second-order valence-corrected chi connectivity index (χ2v) is 8.82. The van der Waals surface area contributed by atoms with E-state index in [4.69, 9.17) is 14.0 Å². The largest absolute Gasteiger partial charge is 0.462 e. The van der Waals surface area contributed by atoms with Crippen molar-refractivity contribution in [2.75, 3.05) is 17.9 Å². The third-order valence-corrected chi connectivity index (χ3v) is 6.68. The number of rotatable bonds is 8. The predicted octanol–water partition coefficient (Wildman–Crippen LogP) is 3.56. The molecule has 0 aliphatic heterocycles. The second kappa shape index (κ2) is 9.09. The van der Waals surface area contributed by atoms with Crippen molar-refractivity contribution < 1.29 is 32.0 Å². The van der Waals surface area contributed by atoms with E-state index in [0.29, 0.717) is 4.88 Å². The van der Waals surface area contributed by atoms with Crippen LogP contribution in [0, 0.1) is 0 Å². The van der Waals surface area contributed by atoms with Crippen LogP contribution in [0.15, 0.2) is 51.2 Å². The summed E-state index contributed by atoms with van der Waals surface area (Å²) in [7, 11) is -3.91. The minimum absolute atomic E-state index is 0.00133. The van der Waals surface area contributed by atoms with E-state index in [1.807, 2.05) is 0 Å². The molecule has 2 aromatic heterocycles. The van der Waals surface area contributed by atoms with Crippen LogP contribution in [0.25, 0.3) is 10.6 Å². The second-order valence-electron chi connectivity index (χ2n) is 5.82. The lowest BCUT2D eigenvalue weighted by Gasteiger charge is -2.08. The summed E-state index contributed by atoms with van der Waals surface area (Å²) < 4.78 is 42.8. The summed E-state index contributed by atoms with van der Waals surface area (Å²) in [6.07, 6.45) is 0. The Morgan fingerprint density at radius 2 is 1.80 bits per heavy atom. The van der Waals surface area contributed by atoms with Crippen LogP contribution in [0.2, 0.25) is 0 Å². The van der Waals surface area contributed by atoms with Gasteiger partial charge in [0, 0.05) is 11.8 Å². The lowest BCUT2D eigenvalue weighted by molar-refractivity contribution is 0.0509. The van der Waals surface area contributed by atoms with Crippen molar-refractivity contribution in [3.8, 4) is 10.6 Å². The van der Waals surface area contributed by atoms with Gasteiger partial charge in [0.1, 0.15) is 4.21 Å². The van der Waals surface area contributed by atoms with Gasteiger partial charge in [-0.25, -0.2) is 18.0 Å². The first-order valence-corrected chi connectivity index (χ1v) is 11.2. The molecule has 11 heteroatoms. The topological polar surface area (TPSA) is 125 Å². The molecule has 0 atom stereocenters. The third-order valence-electron chi connectivity index (χ3n) is 3.71. The van der Waals surface area contributed by atoms with Crippen LogP contribution in [-0.2, 0) is 19.5 Å². The maximum absolute atomic E-state index is 12.7. The lowest BCUT2D eigenvalue weighted by Crippen LogP contribution is -2.12. The summed E-state index contributed by atoms with van der Waals surface area (Å²) in [6, 6.07) is 10.3. The maximum atomic E-state index is 12.7. The fraction of sp³-hybridized carbons (Fsp3) is 0.211. The Bertz CT molecular complexity index is 1170. The van der Waals surface area contributed by atoms with Crippen LogP contribution in [0.4, 0.5) is 5.69 Å². The summed E-state index contributed by atoms with van der Waals surface area (Å²) in [5.41, 5.74) is 0.454. The molecule has 2 heterocycles. The van der Waals surface area contributed by atoms with Gasteiger partial charge in [0.15, 0.2) is 11.5 Å². The van der Waals surface area contributed by atoms with Crippen molar-refractivity contribution in [1.82, 2.24) is 5.16 Å². The normalized spacial score (nSPS) is 11.1. The predicted molar refractivity (Wildman–Crippen MR) is 109 cm³/mol. The molecule has 3 aromatic rings. The maximum Gasteiger partial charge on any atom is 0.360 e. The van der Waals surface area contributed by atoms with E-state index in [2.05, 4.69) is 9.88 Å². The molecule has 0 amide bonds. The van der Waals surface area contributed by atoms with Crippen LogP contribution in [0.1, 0.15) is 34.7 Å². The number of esters is 2. The van der Waals surface area contributed by atoms with E-state index in [-0.39, 0.29) is 40.1 Å². The fourth-order valence-electron chi connectivity index (χ4n) is 2.42. The molecule has 1 N–H and O–H groups in total. The first kappa shape index (κ1) is 21.5. The Morgan fingerprint density at radius 3 is 2.53 bits per heavy atom. The van der Waals surface area contributed by atoms with Crippen molar-refractivity contribution in [2.24, 2.45) is 0 Å². The van der Waals surface area contributed by atoms with E-state index < -0.39 is 22.0 Å². The Hall–Kier alpha value is -3.18. The van der Waals surface area contributed by atoms with Crippen molar-refractivity contribution >= 4 is 39.0 Å². The van der Waals surface area contributed by atoms with E-state index in [0.717, 1.165) is 11.3 Å². The molecule has 0 bridgehead atoms. The lowest BCUT2D eigenvalue weighted by atomic mass is 10.2. The summed E-state index contributed by atoms with van der Waals surface area (Å²) >= 11 is 0.941. The van der Waals surface area contributed by atoms with Gasteiger partial charge in [0.2, 0.25) is 0 Å². The zero-order valence-corrected chi connectivity index (χ0v) is 17.7.